The molecule has 0 saturated carbocycles. The number of likely N-dealkylation sites (tertiary alicyclic amines) is 1. The molecule has 2 bridgehead atoms. The summed E-state index contributed by atoms with van der Waals surface area (Å²) in [7, 11) is 0. The summed E-state index contributed by atoms with van der Waals surface area (Å²) < 4.78 is 12.2. The zero-order chi connectivity index (χ0) is 34.6. The fourth-order valence-electron chi connectivity index (χ4n) is 7.35. The molecule has 3 aliphatic rings. The van der Waals surface area contributed by atoms with Crippen LogP contribution in [0.4, 0.5) is 5.69 Å². The summed E-state index contributed by atoms with van der Waals surface area (Å²) in [5.41, 5.74) is -0.202. The lowest BCUT2D eigenvalue weighted by atomic mass is 9.70. The minimum absolute atomic E-state index is 0.104. The predicted molar refractivity (Wildman–Crippen MR) is 185 cm³/mol. The molecule has 3 aliphatic heterocycles. The number of benzene rings is 2. The first-order chi connectivity index (χ1) is 23.1. The van der Waals surface area contributed by atoms with Crippen LogP contribution in [0.15, 0.2) is 79.9 Å². The van der Waals surface area contributed by atoms with Crippen molar-refractivity contribution in [3.63, 3.8) is 0 Å². The molecular weight excluding hydrogens is 702 g/mol. The molecule has 12 heteroatoms. The number of nitrogens with zero attached hydrogens (tertiary/aromatic N) is 2. The van der Waals surface area contributed by atoms with Gasteiger partial charge in [-0.2, -0.15) is 0 Å². The van der Waals surface area contributed by atoms with E-state index in [-0.39, 0.29) is 31.0 Å². The zero-order valence-electron chi connectivity index (χ0n) is 26.8. The number of para-hydroxylation sites is 1. The fourth-order valence-corrected chi connectivity index (χ4v) is 8.53. The predicted octanol–water partition coefficient (Wildman–Crippen LogP) is 4.74. The minimum Gasteiger partial charge on any atom is -0.463 e. The van der Waals surface area contributed by atoms with Crippen LogP contribution < -0.4 is 10.2 Å². The molecule has 0 aromatic heterocycles. The van der Waals surface area contributed by atoms with Gasteiger partial charge in [0.1, 0.15) is 18.2 Å². The molecule has 48 heavy (non-hydrogen) atoms. The second kappa shape index (κ2) is 15.4. The number of aliphatic hydroxyl groups excluding tert-OH is 1. The highest BCUT2D eigenvalue weighted by Crippen LogP contribution is 2.60. The van der Waals surface area contributed by atoms with Crippen LogP contribution in [0.5, 0.6) is 0 Å². The molecule has 0 aliphatic carbocycles. The van der Waals surface area contributed by atoms with Crippen molar-refractivity contribution in [1.82, 2.24) is 10.2 Å². The first-order valence-electron chi connectivity index (χ1n) is 16.2. The second-order valence-electron chi connectivity index (χ2n) is 12.3. The highest BCUT2D eigenvalue weighted by Gasteiger charge is 2.77. The molecule has 3 saturated heterocycles. The van der Waals surface area contributed by atoms with Gasteiger partial charge in [-0.25, -0.2) is 0 Å². The number of halogens is 2. The molecule has 256 valence electrons. The van der Waals surface area contributed by atoms with Gasteiger partial charge in [-0.15, -0.1) is 13.2 Å². The van der Waals surface area contributed by atoms with Gasteiger partial charge in [-0.1, -0.05) is 89.1 Å². The molecule has 8 atom stereocenters. The SMILES string of the molecule is C=CCCC(=O)OC[C@@H](NC(=O)[C@H]1[C@@H]2O[C@@]3(CC2Br)[C@@H]1C(=O)N([C@@H](CC)CO)[C@@H]3C(=O)N(CC=C)c1ccccc1Cl)c1ccccc1. The van der Waals surface area contributed by atoms with E-state index in [4.69, 9.17) is 21.1 Å². The van der Waals surface area contributed by atoms with E-state index in [1.54, 1.807) is 36.4 Å². The number of hydrogen-bond donors (Lipinski definition) is 2. The highest BCUT2D eigenvalue weighted by molar-refractivity contribution is 9.09. The van der Waals surface area contributed by atoms with Crippen molar-refractivity contribution in [3.8, 4) is 0 Å². The zero-order valence-corrected chi connectivity index (χ0v) is 29.1. The molecule has 1 unspecified atom stereocenters. The maximum Gasteiger partial charge on any atom is 0.306 e. The molecule has 0 radical (unpaired) electrons. The molecule has 2 N–H and O–H groups in total. The Morgan fingerprint density at radius 3 is 2.54 bits per heavy atom. The van der Waals surface area contributed by atoms with Gasteiger partial charge in [0, 0.05) is 17.8 Å². The minimum atomic E-state index is -1.36. The van der Waals surface area contributed by atoms with Crippen LogP contribution in [-0.2, 0) is 28.7 Å². The van der Waals surface area contributed by atoms with E-state index in [9.17, 15) is 24.3 Å². The summed E-state index contributed by atoms with van der Waals surface area (Å²) in [6, 6.07) is 13.5. The van der Waals surface area contributed by atoms with Crippen molar-refractivity contribution in [2.45, 2.75) is 67.3 Å². The molecule has 3 amide bonds. The number of carbonyl (C=O) groups is 4. The first kappa shape index (κ1) is 35.8. The van der Waals surface area contributed by atoms with Gasteiger partial charge >= 0.3 is 5.97 Å². The number of ether oxygens (including phenoxy) is 2. The monoisotopic (exact) mass is 741 g/mol. The van der Waals surface area contributed by atoms with Crippen molar-refractivity contribution in [1.29, 1.82) is 0 Å². The van der Waals surface area contributed by atoms with Crippen LogP contribution >= 0.6 is 27.5 Å². The van der Waals surface area contributed by atoms with E-state index in [2.05, 4.69) is 34.4 Å². The summed E-state index contributed by atoms with van der Waals surface area (Å²) in [6.45, 7) is 8.91. The van der Waals surface area contributed by atoms with Crippen LogP contribution in [0, 0.1) is 11.8 Å². The van der Waals surface area contributed by atoms with Gasteiger partial charge < -0.3 is 29.7 Å². The van der Waals surface area contributed by atoms with Crippen molar-refractivity contribution >= 4 is 56.9 Å². The third kappa shape index (κ3) is 6.57. The number of fused-ring (bicyclic) bond motifs is 1. The van der Waals surface area contributed by atoms with Crippen molar-refractivity contribution < 1.29 is 33.8 Å². The van der Waals surface area contributed by atoms with Crippen LogP contribution in [-0.4, -0.2) is 82.1 Å². The van der Waals surface area contributed by atoms with E-state index in [0.29, 0.717) is 30.0 Å². The third-order valence-corrected chi connectivity index (χ3v) is 10.7. The number of esters is 1. The van der Waals surface area contributed by atoms with E-state index in [0.717, 1.165) is 5.56 Å². The van der Waals surface area contributed by atoms with E-state index < -0.39 is 65.4 Å². The molecule has 1 spiro atoms. The Labute approximate surface area is 294 Å². The number of nitrogens with one attached hydrogen (secondary N) is 1. The summed E-state index contributed by atoms with van der Waals surface area (Å²) >= 11 is 10.3. The largest absolute Gasteiger partial charge is 0.463 e. The van der Waals surface area contributed by atoms with E-state index in [1.165, 1.54) is 9.80 Å². The Morgan fingerprint density at radius 1 is 1.19 bits per heavy atom. The van der Waals surface area contributed by atoms with Crippen LogP contribution in [0.1, 0.15) is 44.2 Å². The topological polar surface area (TPSA) is 125 Å². The summed E-state index contributed by atoms with van der Waals surface area (Å²) in [6.07, 6.45) is 3.77. The van der Waals surface area contributed by atoms with Crippen LogP contribution in [0.2, 0.25) is 5.02 Å². The Morgan fingerprint density at radius 2 is 1.90 bits per heavy atom. The van der Waals surface area contributed by atoms with Crippen molar-refractivity contribution in [2.24, 2.45) is 11.8 Å². The maximum absolute atomic E-state index is 14.8. The van der Waals surface area contributed by atoms with Crippen molar-refractivity contribution in [3.05, 3.63) is 90.5 Å². The molecular formula is C36H41BrClN3O7. The fraction of sp³-hybridized carbons (Fsp3) is 0.444. The number of carbonyl (C=O) groups excluding carboxylic acids is 4. The molecule has 3 heterocycles. The number of aliphatic hydroxyl groups is 1. The number of hydrogen-bond acceptors (Lipinski definition) is 7. The second-order valence-corrected chi connectivity index (χ2v) is 13.9. The maximum atomic E-state index is 14.8. The van der Waals surface area contributed by atoms with Gasteiger partial charge in [-0.3, -0.25) is 19.2 Å². The normalized spacial score (nSPS) is 26.8. The molecule has 3 fully saturated rings. The lowest BCUT2D eigenvalue weighted by Crippen LogP contribution is -2.59. The third-order valence-electron chi connectivity index (χ3n) is 9.54. The van der Waals surface area contributed by atoms with Gasteiger partial charge in [0.15, 0.2) is 0 Å². The lowest BCUT2D eigenvalue weighted by molar-refractivity contribution is -0.146. The average molecular weight is 743 g/mol. The number of rotatable bonds is 15. The summed E-state index contributed by atoms with van der Waals surface area (Å²) in [4.78, 5) is 58.6. The summed E-state index contributed by atoms with van der Waals surface area (Å²) in [5, 5.41) is 13.8. The van der Waals surface area contributed by atoms with Gasteiger partial charge in [-0.05, 0) is 37.0 Å². The Kier molecular flexibility index (Phi) is 11.5. The Balaban J connectivity index is 1.51. The number of alkyl halides is 1. The van der Waals surface area contributed by atoms with E-state index >= 15 is 0 Å². The number of allylic oxidation sites excluding steroid dienone is 1. The highest BCUT2D eigenvalue weighted by atomic mass is 79.9. The standard InChI is InChI=1S/C36H41BrClN3O7/c1-4-7-17-28(43)47-21-26(22-13-9-8-10-14-22)39-33(44)29-30-34(45)41(23(6-3)20-42)32(36(30)19-24(37)31(29)48-36)35(46)40(18-5-2)27-16-12-11-15-25(27)38/h4-5,8-16,23-24,26,29-32,42H,1-2,6-7,17-21H2,3H3,(H,39,44)/t23-,24?,26+,29+,30-,31+,32+,36-/m0/s1. The van der Waals surface area contributed by atoms with Gasteiger partial charge in [0.2, 0.25) is 11.8 Å². The number of amides is 3. The van der Waals surface area contributed by atoms with Crippen molar-refractivity contribution in [2.75, 3.05) is 24.7 Å². The lowest BCUT2D eigenvalue weighted by Gasteiger charge is -2.39. The molecule has 10 nitrogen and oxygen atoms in total. The molecule has 2 aromatic rings. The quantitative estimate of drug-likeness (QED) is 0.154. The Hall–Kier alpha value is -3.51. The molecule has 5 rings (SSSR count). The van der Waals surface area contributed by atoms with Crippen LogP contribution in [0.25, 0.3) is 0 Å². The average Bonchev–Trinajstić information content (AvgIpc) is 3.69. The van der Waals surface area contributed by atoms with Gasteiger partial charge in [0.05, 0.1) is 47.3 Å². The number of anilines is 1. The van der Waals surface area contributed by atoms with E-state index in [1.807, 2.05) is 37.3 Å². The van der Waals surface area contributed by atoms with Gasteiger partial charge in [0.25, 0.3) is 5.91 Å². The first-order valence-corrected chi connectivity index (χ1v) is 17.5. The van der Waals surface area contributed by atoms with Crippen LogP contribution in [0.3, 0.4) is 0 Å². The summed E-state index contributed by atoms with van der Waals surface area (Å²) in [5.74, 6) is -3.73. The Bertz CT molecular complexity index is 1540. The molecule has 2 aromatic carbocycles. The smallest absolute Gasteiger partial charge is 0.306 e.